The van der Waals surface area contributed by atoms with Gasteiger partial charge in [0.05, 0.1) is 18.0 Å². The Hall–Kier alpha value is -1.18. The summed E-state index contributed by atoms with van der Waals surface area (Å²) in [6.45, 7) is 4.46. The lowest BCUT2D eigenvalue weighted by molar-refractivity contribution is 0.730. The Kier molecular flexibility index (Phi) is 2.62. The van der Waals surface area contributed by atoms with Crippen molar-refractivity contribution in [1.82, 2.24) is 0 Å². The topological polar surface area (TPSA) is 6.48 Å². The summed E-state index contributed by atoms with van der Waals surface area (Å²) >= 11 is 0. The second kappa shape index (κ2) is 3.91. The average molecular weight is 190 g/mol. The van der Waals surface area contributed by atoms with E-state index in [0.29, 0.717) is 0 Å². The molecule has 1 heterocycles. The Labute approximate surface area is 86.1 Å². The lowest BCUT2D eigenvalue weighted by Gasteiger charge is -2.18. The average Bonchev–Trinajstić information content (AvgIpc) is 2.54. The van der Waals surface area contributed by atoms with E-state index in [1.54, 1.807) is 0 Å². The maximum atomic E-state index is 2.46. The van der Waals surface area contributed by atoms with E-state index in [4.69, 9.17) is 0 Å². The lowest BCUT2D eigenvalue weighted by Crippen LogP contribution is -2.28. The highest BCUT2D eigenvalue weighted by atomic mass is 15.4. The molecule has 1 aromatic carbocycles. The molecule has 2 nitrogen and oxygen atoms in total. The molecular weight excluding hydrogens is 172 g/mol. The van der Waals surface area contributed by atoms with E-state index in [1.807, 2.05) is 0 Å². The summed E-state index contributed by atoms with van der Waals surface area (Å²) in [5.41, 5.74) is 2.76. The first-order chi connectivity index (χ1) is 6.83. The minimum absolute atomic E-state index is 1.04. The quantitative estimate of drug-likeness (QED) is 0.723. The summed E-state index contributed by atoms with van der Waals surface area (Å²) in [6.07, 6.45) is 2.55. The van der Waals surface area contributed by atoms with Gasteiger partial charge >= 0.3 is 0 Å². The van der Waals surface area contributed by atoms with Crippen molar-refractivity contribution in [2.24, 2.45) is 0 Å². The molecule has 0 fully saturated rings. The molecule has 0 amide bonds. The van der Waals surface area contributed by atoms with Crippen molar-refractivity contribution >= 4 is 11.4 Å². The van der Waals surface area contributed by atoms with Gasteiger partial charge in [0.25, 0.3) is 0 Å². The van der Waals surface area contributed by atoms with Crippen LogP contribution in [0.3, 0.4) is 0 Å². The number of unbranched alkanes of at least 4 members (excludes halogenated alkanes) is 1. The van der Waals surface area contributed by atoms with Crippen molar-refractivity contribution in [3.63, 3.8) is 0 Å². The Morgan fingerprint density at radius 2 is 1.93 bits per heavy atom. The van der Waals surface area contributed by atoms with Crippen LogP contribution in [-0.2, 0) is 0 Å². The van der Waals surface area contributed by atoms with Gasteiger partial charge in [-0.1, -0.05) is 25.5 Å². The molecule has 0 aliphatic carbocycles. The van der Waals surface area contributed by atoms with E-state index in [9.17, 15) is 0 Å². The van der Waals surface area contributed by atoms with Crippen LogP contribution in [-0.4, -0.2) is 20.3 Å². The minimum Gasteiger partial charge on any atom is -0.355 e. The molecule has 0 unspecified atom stereocenters. The minimum atomic E-state index is 1.04. The predicted octanol–water partition coefficient (Wildman–Crippen LogP) is 2.70. The van der Waals surface area contributed by atoms with Crippen LogP contribution < -0.4 is 9.80 Å². The molecule has 0 N–H and O–H groups in total. The number of benzene rings is 1. The number of rotatable bonds is 3. The van der Waals surface area contributed by atoms with Crippen LogP contribution in [0.4, 0.5) is 11.4 Å². The normalized spacial score (nSPS) is 14.7. The highest BCUT2D eigenvalue weighted by Crippen LogP contribution is 2.34. The van der Waals surface area contributed by atoms with Gasteiger partial charge in [0.2, 0.25) is 0 Å². The molecule has 0 saturated carbocycles. The first-order valence-electron chi connectivity index (χ1n) is 5.38. The predicted molar refractivity (Wildman–Crippen MR) is 62.0 cm³/mol. The number of nitrogens with zero attached hydrogens (tertiary/aromatic N) is 2. The van der Waals surface area contributed by atoms with Gasteiger partial charge in [0, 0.05) is 13.6 Å². The largest absolute Gasteiger partial charge is 0.355 e. The van der Waals surface area contributed by atoms with Gasteiger partial charge in [0.15, 0.2) is 0 Å². The Balaban J connectivity index is 2.17. The molecule has 0 spiro atoms. The smallest absolute Gasteiger partial charge is 0.0901 e. The van der Waals surface area contributed by atoms with Crippen LogP contribution in [0.5, 0.6) is 0 Å². The molecule has 0 radical (unpaired) electrons. The van der Waals surface area contributed by atoms with Crippen LogP contribution in [0, 0.1) is 0 Å². The second-order valence-electron chi connectivity index (χ2n) is 3.95. The molecule has 1 aliphatic rings. The van der Waals surface area contributed by atoms with E-state index >= 15 is 0 Å². The standard InChI is InChI=1S/C12H18N2/c1-3-4-9-14-10-13(2)11-7-5-6-8-12(11)14/h5-8H,3-4,9-10H2,1-2H3. The molecule has 1 aromatic rings. The van der Waals surface area contributed by atoms with Gasteiger partial charge in [-0.15, -0.1) is 0 Å². The SMILES string of the molecule is CCCCN1CN(C)c2ccccc21. The molecule has 76 valence electrons. The summed E-state index contributed by atoms with van der Waals surface area (Å²) in [5, 5.41) is 0. The Morgan fingerprint density at radius 1 is 1.21 bits per heavy atom. The van der Waals surface area contributed by atoms with Crippen LogP contribution in [0.1, 0.15) is 19.8 Å². The van der Waals surface area contributed by atoms with E-state index < -0.39 is 0 Å². The first-order valence-corrected chi connectivity index (χ1v) is 5.38. The highest BCUT2D eigenvalue weighted by molar-refractivity contribution is 5.75. The van der Waals surface area contributed by atoms with E-state index in [1.165, 1.54) is 30.8 Å². The summed E-state index contributed by atoms with van der Waals surface area (Å²) < 4.78 is 0. The van der Waals surface area contributed by atoms with Gasteiger partial charge in [-0.05, 0) is 18.6 Å². The number of hydrogen-bond donors (Lipinski definition) is 0. The fourth-order valence-corrected chi connectivity index (χ4v) is 2.00. The highest BCUT2D eigenvalue weighted by Gasteiger charge is 2.21. The van der Waals surface area contributed by atoms with Gasteiger partial charge in [-0.3, -0.25) is 0 Å². The Bertz CT molecular complexity index is 309. The van der Waals surface area contributed by atoms with Gasteiger partial charge in [-0.2, -0.15) is 0 Å². The van der Waals surface area contributed by atoms with Gasteiger partial charge in [-0.25, -0.2) is 0 Å². The maximum absolute atomic E-state index is 2.46. The number of fused-ring (bicyclic) bond motifs is 1. The zero-order valence-electron chi connectivity index (χ0n) is 9.03. The van der Waals surface area contributed by atoms with Crippen LogP contribution in [0.15, 0.2) is 24.3 Å². The summed E-state index contributed by atoms with van der Waals surface area (Å²) in [7, 11) is 2.16. The number of anilines is 2. The number of para-hydroxylation sites is 2. The van der Waals surface area contributed by atoms with E-state index in [-0.39, 0.29) is 0 Å². The molecular formula is C12H18N2. The fraction of sp³-hybridized carbons (Fsp3) is 0.500. The van der Waals surface area contributed by atoms with Crippen molar-refractivity contribution < 1.29 is 0 Å². The van der Waals surface area contributed by atoms with E-state index in [0.717, 1.165) is 6.67 Å². The summed E-state index contributed by atoms with van der Waals surface area (Å²) in [5.74, 6) is 0. The molecule has 0 aromatic heterocycles. The molecule has 0 atom stereocenters. The maximum Gasteiger partial charge on any atom is 0.0901 e. The van der Waals surface area contributed by atoms with Crippen molar-refractivity contribution in [3.05, 3.63) is 24.3 Å². The van der Waals surface area contributed by atoms with Crippen LogP contribution in [0.2, 0.25) is 0 Å². The van der Waals surface area contributed by atoms with Gasteiger partial charge in [0.1, 0.15) is 0 Å². The summed E-state index contributed by atoms with van der Waals surface area (Å²) in [4.78, 5) is 4.77. The second-order valence-corrected chi connectivity index (χ2v) is 3.95. The molecule has 14 heavy (non-hydrogen) atoms. The first kappa shape index (κ1) is 9.38. The monoisotopic (exact) mass is 190 g/mol. The van der Waals surface area contributed by atoms with Crippen LogP contribution >= 0.6 is 0 Å². The lowest BCUT2D eigenvalue weighted by atomic mass is 10.2. The fourth-order valence-electron chi connectivity index (χ4n) is 2.00. The van der Waals surface area contributed by atoms with Crippen LogP contribution in [0.25, 0.3) is 0 Å². The van der Waals surface area contributed by atoms with E-state index in [2.05, 4.69) is 48.0 Å². The third-order valence-electron chi connectivity index (χ3n) is 2.80. The van der Waals surface area contributed by atoms with Crippen molar-refractivity contribution in [2.45, 2.75) is 19.8 Å². The molecule has 1 aliphatic heterocycles. The van der Waals surface area contributed by atoms with Crippen molar-refractivity contribution in [1.29, 1.82) is 0 Å². The number of hydrogen-bond acceptors (Lipinski definition) is 2. The summed E-state index contributed by atoms with van der Waals surface area (Å²) in [6, 6.07) is 8.64. The third kappa shape index (κ3) is 1.57. The third-order valence-corrected chi connectivity index (χ3v) is 2.80. The Morgan fingerprint density at radius 3 is 2.64 bits per heavy atom. The molecule has 2 rings (SSSR count). The van der Waals surface area contributed by atoms with Gasteiger partial charge < -0.3 is 9.80 Å². The molecule has 0 saturated heterocycles. The zero-order valence-corrected chi connectivity index (χ0v) is 9.03. The molecule has 0 bridgehead atoms. The zero-order chi connectivity index (χ0) is 9.97. The van der Waals surface area contributed by atoms with Crippen molar-refractivity contribution in [3.8, 4) is 0 Å². The van der Waals surface area contributed by atoms with Crippen molar-refractivity contribution in [2.75, 3.05) is 30.1 Å². The molecule has 2 heteroatoms.